The Balaban J connectivity index is 0.00000242. The van der Waals surface area contributed by atoms with Crippen LogP contribution in [0, 0.1) is 5.92 Å². The van der Waals surface area contributed by atoms with Crippen molar-refractivity contribution in [1.29, 1.82) is 0 Å². The molecule has 1 aromatic carbocycles. The SMILES string of the molecule is CS(=O)(=O)Nc1ccccc1NC(=O)CC1CCNCC1.Cl. The highest BCUT2D eigenvalue weighted by Gasteiger charge is 2.17. The standard InChI is InChI=1S/C14H21N3O3S.ClH/c1-21(19,20)17-13-5-3-2-4-12(13)16-14(18)10-11-6-8-15-9-7-11;/h2-5,11,15,17H,6-10H2,1H3,(H,16,18);1H. The van der Waals surface area contributed by atoms with Crippen molar-refractivity contribution in [3.63, 3.8) is 0 Å². The maximum Gasteiger partial charge on any atom is 0.229 e. The molecule has 1 fully saturated rings. The molecule has 1 amide bonds. The molecular weight excluding hydrogens is 326 g/mol. The molecule has 1 saturated heterocycles. The molecule has 2 rings (SSSR count). The molecule has 1 aromatic rings. The molecule has 22 heavy (non-hydrogen) atoms. The van der Waals surface area contributed by atoms with Gasteiger partial charge >= 0.3 is 0 Å². The van der Waals surface area contributed by atoms with Crippen LogP contribution in [0.2, 0.25) is 0 Å². The molecule has 1 aliphatic rings. The number of carbonyl (C=O) groups is 1. The first-order chi connectivity index (χ1) is 9.94. The number of amides is 1. The number of piperidine rings is 1. The second kappa shape index (κ2) is 8.36. The Bertz CT molecular complexity index is 601. The third-order valence-electron chi connectivity index (χ3n) is 3.43. The number of rotatable bonds is 5. The summed E-state index contributed by atoms with van der Waals surface area (Å²) in [6, 6.07) is 6.79. The lowest BCUT2D eigenvalue weighted by Gasteiger charge is -2.22. The number of benzene rings is 1. The number of halogens is 1. The van der Waals surface area contributed by atoms with Gasteiger partial charge in [0.1, 0.15) is 0 Å². The molecule has 0 aromatic heterocycles. The number of carbonyl (C=O) groups excluding carboxylic acids is 1. The first-order valence-electron chi connectivity index (χ1n) is 7.01. The fraction of sp³-hybridized carbons (Fsp3) is 0.500. The van der Waals surface area contributed by atoms with Crippen LogP contribution in [0.5, 0.6) is 0 Å². The van der Waals surface area contributed by atoms with E-state index in [1.807, 2.05) is 0 Å². The lowest BCUT2D eigenvalue weighted by molar-refractivity contribution is -0.117. The van der Waals surface area contributed by atoms with Crippen molar-refractivity contribution in [2.45, 2.75) is 19.3 Å². The van der Waals surface area contributed by atoms with Gasteiger partial charge in [0.15, 0.2) is 0 Å². The van der Waals surface area contributed by atoms with Crippen LogP contribution in [0.25, 0.3) is 0 Å². The van der Waals surface area contributed by atoms with E-state index in [1.165, 1.54) is 0 Å². The fourth-order valence-electron chi connectivity index (χ4n) is 2.43. The minimum atomic E-state index is -3.37. The molecule has 0 saturated carbocycles. The van der Waals surface area contributed by atoms with Crippen molar-refractivity contribution >= 4 is 39.7 Å². The summed E-state index contributed by atoms with van der Waals surface area (Å²) in [4.78, 5) is 12.1. The molecule has 0 radical (unpaired) electrons. The average molecular weight is 348 g/mol. The predicted molar refractivity (Wildman–Crippen MR) is 91.0 cm³/mol. The lowest BCUT2D eigenvalue weighted by Crippen LogP contribution is -2.30. The Kier molecular flexibility index (Phi) is 7.12. The van der Waals surface area contributed by atoms with Crippen molar-refractivity contribution < 1.29 is 13.2 Å². The maximum atomic E-state index is 12.1. The summed E-state index contributed by atoms with van der Waals surface area (Å²) in [6.45, 7) is 1.90. The van der Waals surface area contributed by atoms with Crippen LogP contribution in [0.4, 0.5) is 11.4 Å². The van der Waals surface area contributed by atoms with E-state index in [0.29, 0.717) is 23.7 Å². The molecule has 1 heterocycles. The molecule has 124 valence electrons. The normalized spacial score (nSPS) is 15.7. The topological polar surface area (TPSA) is 87.3 Å². The van der Waals surface area contributed by atoms with Gasteiger partial charge in [-0.2, -0.15) is 0 Å². The van der Waals surface area contributed by atoms with E-state index in [9.17, 15) is 13.2 Å². The summed E-state index contributed by atoms with van der Waals surface area (Å²) < 4.78 is 25.1. The molecule has 0 spiro atoms. The Hall–Kier alpha value is -1.31. The summed E-state index contributed by atoms with van der Waals surface area (Å²) in [7, 11) is -3.37. The van der Waals surface area contributed by atoms with Gasteiger partial charge in [-0.25, -0.2) is 8.42 Å². The summed E-state index contributed by atoms with van der Waals surface area (Å²) in [6.07, 6.45) is 3.54. The van der Waals surface area contributed by atoms with E-state index in [-0.39, 0.29) is 18.3 Å². The molecule has 8 heteroatoms. The first-order valence-corrected chi connectivity index (χ1v) is 8.90. The molecule has 1 aliphatic heterocycles. The van der Waals surface area contributed by atoms with Gasteiger partial charge in [-0.05, 0) is 44.0 Å². The Morgan fingerprint density at radius 1 is 1.23 bits per heavy atom. The molecule has 3 N–H and O–H groups in total. The van der Waals surface area contributed by atoms with Crippen molar-refractivity contribution in [3.05, 3.63) is 24.3 Å². The fourth-order valence-corrected chi connectivity index (χ4v) is 3.01. The third kappa shape index (κ3) is 6.21. The van der Waals surface area contributed by atoms with Crippen molar-refractivity contribution in [3.8, 4) is 0 Å². The molecule has 0 aliphatic carbocycles. The molecular formula is C14H22ClN3O3S. The van der Waals surface area contributed by atoms with Gasteiger partial charge in [-0.1, -0.05) is 12.1 Å². The van der Waals surface area contributed by atoms with Crippen molar-refractivity contribution in [1.82, 2.24) is 5.32 Å². The largest absolute Gasteiger partial charge is 0.324 e. The number of hydrogen-bond acceptors (Lipinski definition) is 4. The third-order valence-corrected chi connectivity index (χ3v) is 4.02. The van der Waals surface area contributed by atoms with Crippen LogP contribution in [0.3, 0.4) is 0 Å². The van der Waals surface area contributed by atoms with Gasteiger partial charge in [-0.3, -0.25) is 9.52 Å². The van der Waals surface area contributed by atoms with E-state index < -0.39 is 10.0 Å². The highest BCUT2D eigenvalue weighted by atomic mass is 35.5. The smallest absolute Gasteiger partial charge is 0.229 e. The van der Waals surface area contributed by atoms with Crippen molar-refractivity contribution in [2.75, 3.05) is 29.4 Å². The summed E-state index contributed by atoms with van der Waals surface area (Å²) >= 11 is 0. The average Bonchev–Trinajstić information content (AvgIpc) is 2.40. The minimum Gasteiger partial charge on any atom is -0.324 e. The maximum absolute atomic E-state index is 12.1. The number of hydrogen-bond donors (Lipinski definition) is 3. The lowest BCUT2D eigenvalue weighted by atomic mass is 9.94. The summed E-state index contributed by atoms with van der Waals surface area (Å²) in [5.41, 5.74) is 0.875. The second-order valence-electron chi connectivity index (χ2n) is 5.37. The monoisotopic (exact) mass is 347 g/mol. The van der Waals surface area contributed by atoms with E-state index >= 15 is 0 Å². The number of anilines is 2. The van der Waals surface area contributed by atoms with Gasteiger partial charge in [0.05, 0.1) is 17.6 Å². The van der Waals surface area contributed by atoms with Gasteiger partial charge in [0, 0.05) is 6.42 Å². The Labute approximate surface area is 137 Å². The number of para-hydroxylation sites is 2. The second-order valence-corrected chi connectivity index (χ2v) is 7.11. The van der Waals surface area contributed by atoms with Crippen LogP contribution in [0.1, 0.15) is 19.3 Å². The minimum absolute atomic E-state index is 0. The van der Waals surface area contributed by atoms with Gasteiger partial charge in [0.2, 0.25) is 15.9 Å². The van der Waals surface area contributed by atoms with Gasteiger partial charge in [0.25, 0.3) is 0 Å². The zero-order valence-electron chi connectivity index (χ0n) is 12.5. The summed E-state index contributed by atoms with van der Waals surface area (Å²) in [5.74, 6) is 0.311. The predicted octanol–water partition coefficient (Wildman–Crippen LogP) is 1.81. The van der Waals surface area contributed by atoms with E-state index in [4.69, 9.17) is 0 Å². The highest BCUT2D eigenvalue weighted by molar-refractivity contribution is 7.92. The van der Waals surface area contributed by atoms with Gasteiger partial charge in [-0.15, -0.1) is 12.4 Å². The van der Waals surface area contributed by atoms with Crippen LogP contribution < -0.4 is 15.4 Å². The summed E-state index contributed by atoms with van der Waals surface area (Å²) in [5, 5.41) is 6.06. The van der Waals surface area contributed by atoms with Crippen LogP contribution in [-0.2, 0) is 14.8 Å². The zero-order chi connectivity index (χ0) is 15.3. The Morgan fingerprint density at radius 2 is 1.82 bits per heavy atom. The van der Waals surface area contributed by atoms with Crippen LogP contribution in [0.15, 0.2) is 24.3 Å². The molecule has 6 nitrogen and oxygen atoms in total. The van der Waals surface area contributed by atoms with E-state index in [2.05, 4.69) is 15.4 Å². The molecule has 0 atom stereocenters. The van der Waals surface area contributed by atoms with Crippen molar-refractivity contribution in [2.24, 2.45) is 5.92 Å². The van der Waals surface area contributed by atoms with Crippen LogP contribution >= 0.6 is 12.4 Å². The highest BCUT2D eigenvalue weighted by Crippen LogP contribution is 2.23. The zero-order valence-corrected chi connectivity index (χ0v) is 14.1. The van der Waals surface area contributed by atoms with E-state index in [1.54, 1.807) is 24.3 Å². The van der Waals surface area contributed by atoms with E-state index in [0.717, 1.165) is 32.2 Å². The molecule has 0 bridgehead atoms. The number of nitrogens with one attached hydrogen (secondary N) is 3. The van der Waals surface area contributed by atoms with Crippen LogP contribution in [-0.4, -0.2) is 33.7 Å². The first kappa shape index (κ1) is 18.7. The Morgan fingerprint density at radius 3 is 2.41 bits per heavy atom. The number of sulfonamides is 1. The van der Waals surface area contributed by atoms with Gasteiger partial charge < -0.3 is 10.6 Å². The molecule has 0 unspecified atom stereocenters. The quantitative estimate of drug-likeness (QED) is 0.758.